The molecule has 1 amide bonds. The molecule has 0 aliphatic rings. The average Bonchev–Trinajstić information content (AvgIpc) is 2.61. The number of anilines is 1. The molecule has 0 radical (unpaired) electrons. The van der Waals surface area contributed by atoms with Gasteiger partial charge in [-0.1, -0.05) is 0 Å². The molecule has 0 bridgehead atoms. The molecule has 2 rings (SSSR count). The number of hydrogen-bond acceptors (Lipinski definition) is 5. The van der Waals surface area contributed by atoms with Crippen LogP contribution in [0.2, 0.25) is 0 Å². The van der Waals surface area contributed by atoms with Crippen molar-refractivity contribution in [3.8, 4) is 23.3 Å². The Balaban J connectivity index is 2.41. The molecule has 24 heavy (non-hydrogen) atoms. The van der Waals surface area contributed by atoms with E-state index in [2.05, 4.69) is 5.32 Å². The van der Waals surface area contributed by atoms with E-state index in [1.807, 2.05) is 6.07 Å². The van der Waals surface area contributed by atoms with Gasteiger partial charge in [0.25, 0.3) is 5.91 Å². The second-order valence-corrected chi connectivity index (χ2v) is 4.64. The van der Waals surface area contributed by atoms with E-state index in [0.717, 1.165) is 6.07 Å². The average molecular weight is 330 g/mol. The molecule has 2 aromatic carbocycles. The van der Waals surface area contributed by atoms with Gasteiger partial charge in [0.1, 0.15) is 5.82 Å². The van der Waals surface area contributed by atoms with Gasteiger partial charge in [-0.25, -0.2) is 4.39 Å². The zero-order valence-corrected chi connectivity index (χ0v) is 13.3. The van der Waals surface area contributed by atoms with E-state index in [1.54, 1.807) is 12.1 Å². The van der Waals surface area contributed by atoms with Crippen LogP contribution in [0.1, 0.15) is 15.9 Å². The minimum atomic E-state index is -0.731. The Hall–Kier alpha value is -3.27. The van der Waals surface area contributed by atoms with Crippen LogP contribution >= 0.6 is 0 Å². The topological polar surface area (TPSA) is 80.6 Å². The monoisotopic (exact) mass is 330 g/mol. The van der Waals surface area contributed by atoms with Gasteiger partial charge in [0.05, 0.1) is 44.2 Å². The fourth-order valence-corrected chi connectivity index (χ4v) is 2.16. The van der Waals surface area contributed by atoms with Gasteiger partial charge in [-0.15, -0.1) is 0 Å². The highest BCUT2D eigenvalue weighted by Crippen LogP contribution is 2.42. The van der Waals surface area contributed by atoms with Crippen molar-refractivity contribution in [3.05, 3.63) is 47.3 Å². The van der Waals surface area contributed by atoms with Crippen LogP contribution in [0.5, 0.6) is 17.2 Å². The minimum Gasteiger partial charge on any atom is -0.493 e. The summed E-state index contributed by atoms with van der Waals surface area (Å²) >= 11 is 0. The Morgan fingerprint density at radius 3 is 2.38 bits per heavy atom. The molecule has 1 N–H and O–H groups in total. The maximum atomic E-state index is 13.9. The highest BCUT2D eigenvalue weighted by atomic mass is 19.1. The SMILES string of the molecule is COc1ccc(NC(=O)c2cc(C#N)ccc2F)c(OC)c1OC. The number of nitriles is 1. The van der Waals surface area contributed by atoms with Gasteiger partial charge >= 0.3 is 0 Å². The van der Waals surface area contributed by atoms with E-state index in [4.69, 9.17) is 19.5 Å². The Morgan fingerprint density at radius 2 is 1.79 bits per heavy atom. The van der Waals surface area contributed by atoms with Crippen molar-refractivity contribution in [1.29, 1.82) is 5.26 Å². The first-order chi connectivity index (χ1) is 11.5. The Morgan fingerprint density at radius 1 is 1.08 bits per heavy atom. The summed E-state index contributed by atoms with van der Waals surface area (Å²) in [5.74, 6) is -0.489. The predicted molar refractivity (Wildman–Crippen MR) is 85.2 cm³/mol. The third-order valence-corrected chi connectivity index (χ3v) is 3.29. The lowest BCUT2D eigenvalue weighted by Crippen LogP contribution is -2.15. The van der Waals surface area contributed by atoms with Crippen molar-refractivity contribution in [2.45, 2.75) is 0 Å². The second kappa shape index (κ2) is 7.33. The lowest BCUT2D eigenvalue weighted by atomic mass is 10.1. The first-order valence-corrected chi connectivity index (χ1v) is 6.85. The molecule has 0 fully saturated rings. The van der Waals surface area contributed by atoms with Crippen LogP contribution < -0.4 is 19.5 Å². The number of nitrogens with zero attached hydrogens (tertiary/aromatic N) is 1. The molecule has 0 atom stereocenters. The fraction of sp³-hybridized carbons (Fsp3) is 0.176. The molecule has 6 nitrogen and oxygen atoms in total. The van der Waals surface area contributed by atoms with E-state index < -0.39 is 11.7 Å². The summed E-state index contributed by atoms with van der Waals surface area (Å²) in [6.07, 6.45) is 0. The minimum absolute atomic E-state index is 0.181. The van der Waals surface area contributed by atoms with Gasteiger partial charge in [0, 0.05) is 0 Å². The predicted octanol–water partition coefficient (Wildman–Crippen LogP) is 2.98. The van der Waals surface area contributed by atoms with Gasteiger partial charge in [-0.3, -0.25) is 4.79 Å². The molecule has 0 saturated heterocycles. The summed E-state index contributed by atoms with van der Waals surface area (Å²) in [5, 5.41) is 11.4. The lowest BCUT2D eigenvalue weighted by Gasteiger charge is -2.16. The van der Waals surface area contributed by atoms with Crippen molar-refractivity contribution < 1.29 is 23.4 Å². The summed E-state index contributed by atoms with van der Waals surface area (Å²) in [4.78, 5) is 12.3. The molecule has 0 aliphatic heterocycles. The number of carbonyl (C=O) groups excluding carboxylic acids is 1. The molecular formula is C17H15FN2O4. The highest BCUT2D eigenvalue weighted by Gasteiger charge is 2.19. The van der Waals surface area contributed by atoms with Gasteiger partial charge in [-0.05, 0) is 30.3 Å². The van der Waals surface area contributed by atoms with E-state index in [1.165, 1.54) is 33.5 Å². The Bertz CT molecular complexity index is 815. The number of methoxy groups -OCH3 is 3. The number of nitrogens with one attached hydrogen (secondary N) is 1. The zero-order chi connectivity index (χ0) is 17.7. The molecule has 0 aromatic heterocycles. The quantitative estimate of drug-likeness (QED) is 0.911. The normalized spacial score (nSPS) is 9.79. The summed E-state index contributed by atoms with van der Waals surface area (Å²) in [6.45, 7) is 0. The van der Waals surface area contributed by atoms with Crippen molar-refractivity contribution in [2.24, 2.45) is 0 Å². The van der Waals surface area contributed by atoms with Crippen LogP contribution in [0, 0.1) is 17.1 Å². The summed E-state index contributed by atoms with van der Waals surface area (Å²) in [6, 6.07) is 8.53. The number of rotatable bonds is 5. The van der Waals surface area contributed by atoms with E-state index >= 15 is 0 Å². The first kappa shape index (κ1) is 17.1. The van der Waals surface area contributed by atoms with Crippen molar-refractivity contribution >= 4 is 11.6 Å². The molecule has 0 spiro atoms. The van der Waals surface area contributed by atoms with Crippen LogP contribution in [0.15, 0.2) is 30.3 Å². The van der Waals surface area contributed by atoms with Crippen molar-refractivity contribution in [1.82, 2.24) is 0 Å². The molecule has 0 aliphatic carbocycles. The largest absolute Gasteiger partial charge is 0.493 e. The summed E-state index contributed by atoms with van der Waals surface area (Å²) < 4.78 is 29.5. The molecule has 0 saturated carbocycles. The zero-order valence-electron chi connectivity index (χ0n) is 13.3. The number of benzene rings is 2. The van der Waals surface area contributed by atoms with Crippen molar-refractivity contribution in [2.75, 3.05) is 26.6 Å². The van der Waals surface area contributed by atoms with Crippen LogP contribution in [0.25, 0.3) is 0 Å². The third-order valence-electron chi connectivity index (χ3n) is 3.29. The number of carbonyl (C=O) groups is 1. The molecule has 124 valence electrons. The number of amides is 1. The maximum Gasteiger partial charge on any atom is 0.258 e. The summed E-state index contributed by atoms with van der Waals surface area (Å²) in [7, 11) is 4.31. The molecule has 2 aromatic rings. The first-order valence-electron chi connectivity index (χ1n) is 6.85. The molecular weight excluding hydrogens is 315 g/mol. The molecule has 0 unspecified atom stereocenters. The molecule has 0 heterocycles. The number of halogens is 1. The molecule has 7 heteroatoms. The van der Waals surface area contributed by atoms with Gasteiger partial charge < -0.3 is 19.5 Å². The van der Waals surface area contributed by atoms with Gasteiger partial charge in [0.2, 0.25) is 5.75 Å². The maximum absolute atomic E-state index is 13.9. The highest BCUT2D eigenvalue weighted by molar-refractivity contribution is 6.05. The van der Waals surface area contributed by atoms with E-state index in [-0.39, 0.29) is 22.6 Å². The second-order valence-electron chi connectivity index (χ2n) is 4.64. The van der Waals surface area contributed by atoms with Crippen LogP contribution in [0.3, 0.4) is 0 Å². The standard InChI is InChI=1S/C17H15FN2O4/c1-22-14-7-6-13(15(23-2)16(14)24-3)20-17(21)11-8-10(9-19)4-5-12(11)18/h4-8H,1-3H3,(H,20,21). The van der Waals surface area contributed by atoms with Crippen molar-refractivity contribution in [3.63, 3.8) is 0 Å². The third kappa shape index (κ3) is 3.22. The van der Waals surface area contributed by atoms with E-state index in [0.29, 0.717) is 11.5 Å². The summed E-state index contributed by atoms with van der Waals surface area (Å²) in [5.41, 5.74) is 0.216. The van der Waals surface area contributed by atoms with Crippen LogP contribution in [-0.2, 0) is 0 Å². The van der Waals surface area contributed by atoms with E-state index in [9.17, 15) is 9.18 Å². The van der Waals surface area contributed by atoms with Crippen LogP contribution in [-0.4, -0.2) is 27.2 Å². The Labute approximate surface area is 138 Å². The number of ether oxygens (including phenoxy) is 3. The fourth-order valence-electron chi connectivity index (χ4n) is 2.16. The van der Waals surface area contributed by atoms with Crippen LogP contribution in [0.4, 0.5) is 10.1 Å². The lowest BCUT2D eigenvalue weighted by molar-refractivity contribution is 0.102. The smallest absolute Gasteiger partial charge is 0.258 e. The van der Waals surface area contributed by atoms with Gasteiger partial charge in [-0.2, -0.15) is 5.26 Å². The Kier molecular flexibility index (Phi) is 5.22. The van der Waals surface area contributed by atoms with Gasteiger partial charge in [0.15, 0.2) is 11.5 Å². The number of hydrogen-bond donors (Lipinski definition) is 1.